The average Bonchev–Trinajstić information content (AvgIpc) is 2.47. The molecule has 1 aromatic heterocycles. The second kappa shape index (κ2) is 6.54. The maximum Gasteiger partial charge on any atom is 0.145 e. The number of nitrogens with two attached hydrogens (primary N) is 1. The van der Waals surface area contributed by atoms with Crippen LogP contribution in [0.4, 0.5) is 11.6 Å². The van der Waals surface area contributed by atoms with Crippen LogP contribution >= 0.6 is 11.6 Å². The Labute approximate surface area is 123 Å². The van der Waals surface area contributed by atoms with Gasteiger partial charge in [0.05, 0.1) is 0 Å². The zero-order valence-electron chi connectivity index (χ0n) is 11.5. The Morgan fingerprint density at radius 2 is 1.85 bits per heavy atom. The van der Waals surface area contributed by atoms with E-state index in [9.17, 15) is 0 Å². The van der Waals surface area contributed by atoms with Gasteiger partial charge in [-0.15, -0.1) is 0 Å². The molecule has 0 saturated carbocycles. The molecular formula is C14H18ClN5. The van der Waals surface area contributed by atoms with Gasteiger partial charge in [-0.05, 0) is 24.6 Å². The molecule has 106 valence electrons. The number of halogens is 1. The highest BCUT2D eigenvalue weighted by Gasteiger charge is 2.08. The fourth-order valence-electron chi connectivity index (χ4n) is 1.86. The summed E-state index contributed by atoms with van der Waals surface area (Å²) in [5.74, 6) is 7.50. The third-order valence-electron chi connectivity index (χ3n) is 2.97. The average molecular weight is 292 g/mol. The number of nitrogens with one attached hydrogen (secondary N) is 2. The Morgan fingerprint density at radius 3 is 2.45 bits per heavy atom. The molecule has 0 fully saturated rings. The normalized spacial score (nSPS) is 12.0. The number of hydrogen-bond donors (Lipinski definition) is 3. The van der Waals surface area contributed by atoms with Crippen LogP contribution in [0.15, 0.2) is 30.3 Å². The molecule has 0 saturated heterocycles. The number of benzene rings is 1. The molecule has 0 radical (unpaired) electrons. The molecule has 2 rings (SSSR count). The summed E-state index contributed by atoms with van der Waals surface area (Å²) in [4.78, 5) is 8.70. The SMILES string of the molecule is CCc1nc(NN)cc(NC(C)c2ccc(Cl)cc2)n1. The van der Waals surface area contributed by atoms with E-state index in [1.165, 1.54) is 0 Å². The maximum absolute atomic E-state index is 5.89. The highest BCUT2D eigenvalue weighted by molar-refractivity contribution is 6.30. The lowest BCUT2D eigenvalue weighted by Gasteiger charge is -2.16. The predicted octanol–water partition coefficient (Wildman–Crippen LogP) is 3.15. The molecule has 0 spiro atoms. The second-order valence-electron chi connectivity index (χ2n) is 4.47. The van der Waals surface area contributed by atoms with Gasteiger partial charge in [0.25, 0.3) is 0 Å². The Morgan fingerprint density at radius 1 is 1.20 bits per heavy atom. The molecule has 20 heavy (non-hydrogen) atoms. The largest absolute Gasteiger partial charge is 0.363 e. The summed E-state index contributed by atoms with van der Waals surface area (Å²) < 4.78 is 0. The standard InChI is InChI=1S/C14H18ClN5/c1-3-12-18-13(8-14(19-12)20-16)17-9(2)10-4-6-11(15)7-5-10/h4-9H,3,16H2,1-2H3,(H2,17,18,19,20). The first-order chi connectivity index (χ1) is 9.62. The predicted molar refractivity (Wildman–Crippen MR) is 82.7 cm³/mol. The van der Waals surface area contributed by atoms with Crippen LogP contribution < -0.4 is 16.6 Å². The zero-order chi connectivity index (χ0) is 14.5. The molecule has 0 aliphatic carbocycles. The number of hydrazine groups is 1. The van der Waals surface area contributed by atoms with Crippen LogP contribution in [0.5, 0.6) is 0 Å². The highest BCUT2D eigenvalue weighted by atomic mass is 35.5. The second-order valence-corrected chi connectivity index (χ2v) is 4.91. The molecule has 4 N–H and O–H groups in total. The molecule has 1 heterocycles. The Bertz CT molecular complexity index is 548. The van der Waals surface area contributed by atoms with E-state index in [4.69, 9.17) is 17.4 Å². The quantitative estimate of drug-likeness (QED) is 0.583. The summed E-state index contributed by atoms with van der Waals surface area (Å²) in [6.45, 7) is 4.06. The van der Waals surface area contributed by atoms with Crippen LogP contribution in [-0.2, 0) is 6.42 Å². The summed E-state index contributed by atoms with van der Waals surface area (Å²) >= 11 is 5.89. The first-order valence-electron chi connectivity index (χ1n) is 6.49. The zero-order valence-corrected chi connectivity index (χ0v) is 12.3. The Balaban J connectivity index is 2.18. The topological polar surface area (TPSA) is 75.9 Å². The van der Waals surface area contributed by atoms with Crippen molar-refractivity contribution in [1.29, 1.82) is 0 Å². The van der Waals surface area contributed by atoms with Crippen LogP contribution in [0.1, 0.15) is 31.3 Å². The van der Waals surface area contributed by atoms with Crippen molar-refractivity contribution in [3.8, 4) is 0 Å². The minimum atomic E-state index is 0.109. The number of nitrogen functional groups attached to an aromatic ring is 1. The van der Waals surface area contributed by atoms with Gasteiger partial charge < -0.3 is 10.7 Å². The third-order valence-corrected chi connectivity index (χ3v) is 3.22. The van der Waals surface area contributed by atoms with Crippen molar-refractivity contribution >= 4 is 23.2 Å². The molecule has 0 amide bonds. The molecule has 1 aromatic carbocycles. The van der Waals surface area contributed by atoms with Crippen molar-refractivity contribution in [1.82, 2.24) is 9.97 Å². The number of aryl methyl sites for hydroxylation is 1. The summed E-state index contributed by atoms with van der Waals surface area (Å²) in [5, 5.41) is 4.06. The number of nitrogens with zero attached hydrogens (tertiary/aromatic N) is 2. The molecule has 2 aromatic rings. The van der Waals surface area contributed by atoms with Gasteiger partial charge in [0.2, 0.25) is 0 Å². The Kier molecular flexibility index (Phi) is 4.76. The molecule has 5 nitrogen and oxygen atoms in total. The van der Waals surface area contributed by atoms with Crippen molar-refractivity contribution in [2.24, 2.45) is 5.84 Å². The lowest BCUT2D eigenvalue weighted by molar-refractivity contribution is 0.857. The molecule has 1 unspecified atom stereocenters. The van der Waals surface area contributed by atoms with Gasteiger partial charge in [-0.2, -0.15) is 0 Å². The van der Waals surface area contributed by atoms with E-state index in [0.717, 1.165) is 28.6 Å². The first-order valence-corrected chi connectivity index (χ1v) is 6.86. The molecular weight excluding hydrogens is 274 g/mol. The van der Waals surface area contributed by atoms with Crippen molar-refractivity contribution < 1.29 is 0 Å². The fraction of sp³-hybridized carbons (Fsp3) is 0.286. The smallest absolute Gasteiger partial charge is 0.145 e. The lowest BCUT2D eigenvalue weighted by atomic mass is 10.1. The van der Waals surface area contributed by atoms with Crippen molar-refractivity contribution in [2.45, 2.75) is 26.3 Å². The van der Waals surface area contributed by atoms with Crippen LogP contribution in [-0.4, -0.2) is 9.97 Å². The summed E-state index contributed by atoms with van der Waals surface area (Å²) in [7, 11) is 0. The summed E-state index contributed by atoms with van der Waals surface area (Å²) in [6, 6.07) is 9.62. The number of rotatable bonds is 5. The fourth-order valence-corrected chi connectivity index (χ4v) is 1.99. The molecule has 0 bridgehead atoms. The minimum Gasteiger partial charge on any atom is -0.363 e. The van der Waals surface area contributed by atoms with Crippen LogP contribution in [0.3, 0.4) is 0 Å². The highest BCUT2D eigenvalue weighted by Crippen LogP contribution is 2.21. The maximum atomic E-state index is 5.89. The molecule has 6 heteroatoms. The van der Waals surface area contributed by atoms with Crippen LogP contribution in [0, 0.1) is 0 Å². The van der Waals surface area contributed by atoms with E-state index < -0.39 is 0 Å². The third kappa shape index (κ3) is 3.59. The van der Waals surface area contributed by atoms with Crippen molar-refractivity contribution in [3.05, 3.63) is 46.7 Å². The lowest BCUT2D eigenvalue weighted by Crippen LogP contribution is -2.13. The van der Waals surface area contributed by atoms with E-state index in [1.54, 1.807) is 6.07 Å². The van der Waals surface area contributed by atoms with E-state index in [2.05, 4.69) is 27.6 Å². The van der Waals surface area contributed by atoms with Gasteiger partial charge in [0.1, 0.15) is 17.5 Å². The molecule has 1 atom stereocenters. The minimum absolute atomic E-state index is 0.109. The molecule has 0 aliphatic heterocycles. The van der Waals surface area contributed by atoms with Gasteiger partial charge >= 0.3 is 0 Å². The summed E-state index contributed by atoms with van der Waals surface area (Å²) in [6.07, 6.45) is 0.750. The van der Waals surface area contributed by atoms with Gasteiger partial charge in [0.15, 0.2) is 0 Å². The van der Waals surface area contributed by atoms with E-state index >= 15 is 0 Å². The number of hydrogen-bond acceptors (Lipinski definition) is 5. The monoisotopic (exact) mass is 291 g/mol. The number of anilines is 2. The van der Waals surface area contributed by atoms with Crippen LogP contribution in [0.2, 0.25) is 5.02 Å². The van der Waals surface area contributed by atoms with Gasteiger partial charge in [-0.1, -0.05) is 30.7 Å². The van der Waals surface area contributed by atoms with Crippen molar-refractivity contribution in [2.75, 3.05) is 10.7 Å². The van der Waals surface area contributed by atoms with E-state index in [0.29, 0.717) is 5.82 Å². The van der Waals surface area contributed by atoms with Crippen molar-refractivity contribution in [3.63, 3.8) is 0 Å². The van der Waals surface area contributed by atoms with E-state index in [-0.39, 0.29) is 6.04 Å². The Hall–Kier alpha value is -1.85. The van der Waals surface area contributed by atoms with Gasteiger partial charge in [0, 0.05) is 23.6 Å². The number of aromatic nitrogens is 2. The van der Waals surface area contributed by atoms with E-state index in [1.807, 2.05) is 31.2 Å². The van der Waals surface area contributed by atoms with Crippen LogP contribution in [0.25, 0.3) is 0 Å². The summed E-state index contributed by atoms with van der Waals surface area (Å²) in [5.41, 5.74) is 3.69. The van der Waals surface area contributed by atoms with Gasteiger partial charge in [-0.25, -0.2) is 15.8 Å². The molecule has 0 aliphatic rings. The van der Waals surface area contributed by atoms with Gasteiger partial charge in [-0.3, -0.25) is 0 Å². The first kappa shape index (κ1) is 14.6.